The first-order valence-corrected chi connectivity index (χ1v) is 10.4. The minimum Gasteiger partial charge on any atom is -0.455 e. The lowest BCUT2D eigenvalue weighted by atomic mass is 9.96. The maximum atomic E-state index is 6.41. The predicted molar refractivity (Wildman–Crippen MR) is 136 cm³/mol. The van der Waals surface area contributed by atoms with Crippen molar-refractivity contribution in [1.29, 1.82) is 0 Å². The van der Waals surface area contributed by atoms with E-state index in [-0.39, 0.29) is 0 Å². The molecule has 0 aliphatic rings. The Balaban J connectivity index is 1.95. The number of nitrogens with zero attached hydrogens (tertiary/aromatic N) is 1. The summed E-state index contributed by atoms with van der Waals surface area (Å²) < 4.78 is 12.8. The Kier molecular flexibility index (Phi) is 4.63. The number of hydrogen-bond donors (Lipinski definition) is 1. The molecule has 4 nitrogen and oxygen atoms in total. The first-order valence-electron chi connectivity index (χ1n) is 10.4. The maximum Gasteiger partial charge on any atom is 0.149 e. The van der Waals surface area contributed by atoms with E-state index >= 15 is 0 Å². The molecule has 2 aromatic heterocycles. The second-order valence-corrected chi connectivity index (χ2v) is 8.04. The number of rotatable bonds is 5. The standard InChI is InChI=1S/C28H24N2O2/c1-17(11-5-6-12-18(2)29)23-26(30(3)4)24-19-13-7-9-15-21(19)32-28(24)25-20-14-8-10-16-22(20)31-27(23)25/h5-16H,1-2,29H2,3-4H3/b11-5-,12-6?. The molecule has 0 saturated heterocycles. The molecule has 0 amide bonds. The highest BCUT2D eigenvalue weighted by Crippen LogP contribution is 2.48. The SMILES string of the molecule is C=C(N)C=C/C=C\C(=C)c1c(N(C)C)c2c3ccccc3oc2c2c1oc1ccccc12. The highest BCUT2D eigenvalue weighted by molar-refractivity contribution is 6.29. The van der Waals surface area contributed by atoms with Gasteiger partial charge in [-0.2, -0.15) is 0 Å². The third-order valence-electron chi connectivity index (χ3n) is 5.61. The number of fused-ring (bicyclic) bond motifs is 7. The zero-order valence-corrected chi connectivity index (χ0v) is 18.2. The quantitative estimate of drug-likeness (QED) is 0.307. The van der Waals surface area contributed by atoms with Crippen molar-refractivity contribution in [3.63, 3.8) is 0 Å². The largest absolute Gasteiger partial charge is 0.455 e. The van der Waals surface area contributed by atoms with Crippen LogP contribution in [0.25, 0.3) is 49.5 Å². The zero-order chi connectivity index (χ0) is 22.4. The molecular formula is C28H24N2O2. The molecule has 2 heterocycles. The molecule has 0 atom stereocenters. The van der Waals surface area contributed by atoms with Crippen LogP contribution < -0.4 is 10.6 Å². The lowest BCUT2D eigenvalue weighted by Gasteiger charge is -2.20. The fourth-order valence-corrected chi connectivity index (χ4v) is 4.32. The first-order chi connectivity index (χ1) is 15.5. The number of nitrogens with two attached hydrogens (primary N) is 1. The van der Waals surface area contributed by atoms with Crippen LogP contribution in [0.15, 0.2) is 101 Å². The van der Waals surface area contributed by atoms with Crippen LogP contribution in [0.2, 0.25) is 0 Å². The van der Waals surface area contributed by atoms with E-state index in [4.69, 9.17) is 14.6 Å². The van der Waals surface area contributed by atoms with E-state index in [0.29, 0.717) is 5.70 Å². The fourth-order valence-electron chi connectivity index (χ4n) is 4.32. The highest BCUT2D eigenvalue weighted by Gasteiger charge is 2.26. The molecular weight excluding hydrogens is 396 g/mol. The van der Waals surface area contributed by atoms with Gasteiger partial charge in [0.1, 0.15) is 22.3 Å². The van der Waals surface area contributed by atoms with Gasteiger partial charge >= 0.3 is 0 Å². The average molecular weight is 421 g/mol. The van der Waals surface area contributed by atoms with E-state index in [1.54, 1.807) is 6.08 Å². The van der Waals surface area contributed by atoms with Crippen molar-refractivity contribution >= 4 is 55.1 Å². The topological polar surface area (TPSA) is 55.5 Å². The lowest BCUT2D eigenvalue weighted by molar-refractivity contribution is 0.662. The molecule has 0 saturated carbocycles. The summed E-state index contributed by atoms with van der Waals surface area (Å²) in [5.41, 5.74) is 12.2. The Labute approximate surface area is 186 Å². The fraction of sp³-hybridized carbons (Fsp3) is 0.0714. The van der Waals surface area contributed by atoms with E-state index in [0.717, 1.165) is 60.7 Å². The Morgan fingerprint density at radius 3 is 2.00 bits per heavy atom. The average Bonchev–Trinajstić information content (AvgIpc) is 3.33. The number of hydrogen-bond acceptors (Lipinski definition) is 4. The molecule has 158 valence electrons. The second kappa shape index (κ2) is 7.50. The van der Waals surface area contributed by atoms with Gasteiger partial charge in [0.15, 0.2) is 0 Å². The molecule has 3 aromatic carbocycles. The van der Waals surface area contributed by atoms with E-state index in [2.05, 4.69) is 30.2 Å². The van der Waals surface area contributed by atoms with Crippen molar-refractivity contribution in [2.75, 3.05) is 19.0 Å². The van der Waals surface area contributed by atoms with Crippen molar-refractivity contribution in [2.24, 2.45) is 5.73 Å². The van der Waals surface area contributed by atoms with Gasteiger partial charge in [0.2, 0.25) is 0 Å². The van der Waals surface area contributed by atoms with Gasteiger partial charge in [-0.1, -0.05) is 67.8 Å². The van der Waals surface area contributed by atoms with E-state index in [1.165, 1.54) is 0 Å². The molecule has 0 spiro atoms. The minimum absolute atomic E-state index is 0.500. The van der Waals surface area contributed by atoms with Crippen LogP contribution in [0.5, 0.6) is 0 Å². The normalized spacial score (nSPS) is 12.2. The third kappa shape index (κ3) is 3.00. The van der Waals surface area contributed by atoms with Crippen molar-refractivity contribution in [2.45, 2.75) is 0 Å². The van der Waals surface area contributed by atoms with E-state index < -0.39 is 0 Å². The highest BCUT2D eigenvalue weighted by atomic mass is 16.3. The molecule has 0 radical (unpaired) electrons. The Morgan fingerprint density at radius 1 is 0.812 bits per heavy atom. The third-order valence-corrected chi connectivity index (χ3v) is 5.61. The minimum atomic E-state index is 0.500. The monoisotopic (exact) mass is 420 g/mol. The molecule has 5 rings (SSSR count). The predicted octanol–water partition coefficient (Wildman–Crippen LogP) is 7.15. The first kappa shape index (κ1) is 19.8. The van der Waals surface area contributed by atoms with Crippen molar-refractivity contribution in [3.05, 3.63) is 97.3 Å². The van der Waals surface area contributed by atoms with Crippen LogP contribution in [0.3, 0.4) is 0 Å². The summed E-state index contributed by atoms with van der Waals surface area (Å²) in [6.45, 7) is 8.08. The molecule has 4 heteroatoms. The van der Waals surface area contributed by atoms with Crippen LogP contribution in [0.4, 0.5) is 5.69 Å². The molecule has 2 N–H and O–H groups in total. The van der Waals surface area contributed by atoms with Crippen LogP contribution in [-0.4, -0.2) is 14.1 Å². The summed E-state index contributed by atoms with van der Waals surface area (Å²) in [6, 6.07) is 16.2. The Morgan fingerprint density at radius 2 is 1.38 bits per heavy atom. The van der Waals surface area contributed by atoms with Gasteiger partial charge < -0.3 is 19.5 Å². The second-order valence-electron chi connectivity index (χ2n) is 8.04. The Bertz CT molecular complexity index is 1590. The molecule has 32 heavy (non-hydrogen) atoms. The number of para-hydroxylation sites is 2. The summed E-state index contributed by atoms with van der Waals surface area (Å²) >= 11 is 0. The van der Waals surface area contributed by atoms with Crippen LogP contribution >= 0.6 is 0 Å². The number of anilines is 1. The van der Waals surface area contributed by atoms with Gasteiger partial charge in [-0.3, -0.25) is 0 Å². The van der Waals surface area contributed by atoms with E-state index in [9.17, 15) is 0 Å². The lowest BCUT2D eigenvalue weighted by Crippen LogP contribution is -2.11. The zero-order valence-electron chi connectivity index (χ0n) is 18.2. The van der Waals surface area contributed by atoms with Gasteiger partial charge in [0, 0.05) is 36.1 Å². The number of allylic oxidation sites excluding steroid dienone is 5. The molecule has 0 aliphatic heterocycles. The smallest absolute Gasteiger partial charge is 0.149 e. The maximum absolute atomic E-state index is 6.41. The van der Waals surface area contributed by atoms with Crippen LogP contribution in [0.1, 0.15) is 5.56 Å². The van der Waals surface area contributed by atoms with E-state index in [1.807, 2.05) is 68.7 Å². The summed E-state index contributed by atoms with van der Waals surface area (Å²) in [7, 11) is 4.06. The summed E-state index contributed by atoms with van der Waals surface area (Å²) in [4.78, 5) is 2.10. The van der Waals surface area contributed by atoms with Crippen molar-refractivity contribution in [3.8, 4) is 0 Å². The van der Waals surface area contributed by atoms with Gasteiger partial charge in [-0.25, -0.2) is 0 Å². The Hall–Kier alpha value is -4.18. The summed E-state index contributed by atoms with van der Waals surface area (Å²) in [5.74, 6) is 0. The van der Waals surface area contributed by atoms with Crippen LogP contribution in [0, 0.1) is 0 Å². The summed E-state index contributed by atoms with van der Waals surface area (Å²) in [5, 5.41) is 4.11. The van der Waals surface area contributed by atoms with Gasteiger partial charge in [0.25, 0.3) is 0 Å². The molecule has 5 aromatic rings. The number of benzene rings is 3. The van der Waals surface area contributed by atoms with Crippen LogP contribution in [-0.2, 0) is 0 Å². The van der Waals surface area contributed by atoms with Gasteiger partial charge in [0.05, 0.1) is 16.5 Å². The molecule has 0 bridgehead atoms. The number of furan rings is 2. The summed E-state index contributed by atoms with van der Waals surface area (Å²) in [6.07, 6.45) is 7.47. The van der Waals surface area contributed by atoms with Gasteiger partial charge in [-0.15, -0.1) is 0 Å². The molecule has 0 fully saturated rings. The molecule has 0 aliphatic carbocycles. The van der Waals surface area contributed by atoms with Crippen molar-refractivity contribution < 1.29 is 8.83 Å². The van der Waals surface area contributed by atoms with Gasteiger partial charge in [-0.05, 0) is 23.8 Å². The molecule has 0 unspecified atom stereocenters. The van der Waals surface area contributed by atoms with Crippen molar-refractivity contribution in [1.82, 2.24) is 0 Å².